The lowest BCUT2D eigenvalue weighted by molar-refractivity contribution is 0.589. The maximum atomic E-state index is 15.1. The molecule has 5 heteroatoms. The van der Waals surface area contributed by atoms with Gasteiger partial charge in [-0.2, -0.15) is 0 Å². The van der Waals surface area contributed by atoms with E-state index in [1.165, 1.54) is 18.2 Å². The van der Waals surface area contributed by atoms with Crippen LogP contribution in [0.4, 0.5) is 17.6 Å². The van der Waals surface area contributed by atoms with Crippen LogP contribution in [-0.4, -0.2) is 0 Å². The lowest BCUT2D eigenvalue weighted by Crippen LogP contribution is -1.95. The lowest BCUT2D eigenvalue weighted by Gasteiger charge is -2.12. The van der Waals surface area contributed by atoms with Gasteiger partial charge in [0.1, 0.15) is 23.3 Å². The van der Waals surface area contributed by atoms with Crippen LogP contribution < -0.4 is 0 Å². The number of aryl methyl sites for hydroxylation is 1. The Morgan fingerprint density at radius 2 is 1.41 bits per heavy atom. The molecular formula is C24H15ClF4. The van der Waals surface area contributed by atoms with Crippen LogP contribution in [0.5, 0.6) is 0 Å². The minimum Gasteiger partial charge on any atom is -0.206 e. The molecule has 0 saturated carbocycles. The van der Waals surface area contributed by atoms with Crippen molar-refractivity contribution in [3.63, 3.8) is 0 Å². The number of hydrogen-bond acceptors (Lipinski definition) is 0. The van der Waals surface area contributed by atoms with Crippen LogP contribution >= 0.6 is 11.6 Å². The summed E-state index contributed by atoms with van der Waals surface area (Å²) in [4.78, 5) is 0. The van der Waals surface area contributed by atoms with Gasteiger partial charge in [0, 0.05) is 10.9 Å². The molecule has 0 atom stereocenters. The van der Waals surface area contributed by atoms with Gasteiger partial charge < -0.3 is 0 Å². The van der Waals surface area contributed by atoms with Crippen molar-refractivity contribution in [2.75, 3.05) is 0 Å². The average Bonchev–Trinajstić information content (AvgIpc) is 2.70. The third-order valence-electron chi connectivity index (χ3n) is 4.99. The van der Waals surface area contributed by atoms with Crippen LogP contribution in [0.25, 0.3) is 33.0 Å². The fourth-order valence-electron chi connectivity index (χ4n) is 3.44. The first kappa shape index (κ1) is 19.5. The molecule has 4 aromatic rings. The molecule has 0 bridgehead atoms. The summed E-state index contributed by atoms with van der Waals surface area (Å²) in [5.41, 5.74) is 0.851. The van der Waals surface area contributed by atoms with Gasteiger partial charge in [0.25, 0.3) is 0 Å². The zero-order valence-electron chi connectivity index (χ0n) is 15.4. The van der Waals surface area contributed by atoms with Crippen molar-refractivity contribution in [1.82, 2.24) is 0 Å². The molecule has 0 nitrogen and oxygen atoms in total. The third kappa shape index (κ3) is 3.49. The Morgan fingerprint density at radius 1 is 0.724 bits per heavy atom. The minimum atomic E-state index is -0.914. The Hall–Kier alpha value is -2.85. The summed E-state index contributed by atoms with van der Waals surface area (Å²) in [6, 6.07) is 14.2. The summed E-state index contributed by atoms with van der Waals surface area (Å²) in [5.74, 6) is -3.15. The lowest BCUT2D eigenvalue weighted by atomic mass is 9.96. The Morgan fingerprint density at radius 3 is 2.07 bits per heavy atom. The zero-order chi connectivity index (χ0) is 20.7. The van der Waals surface area contributed by atoms with Gasteiger partial charge in [0.05, 0.1) is 10.6 Å². The van der Waals surface area contributed by atoms with Crippen molar-refractivity contribution < 1.29 is 17.6 Å². The van der Waals surface area contributed by atoms with Gasteiger partial charge in [-0.1, -0.05) is 54.9 Å². The Labute approximate surface area is 170 Å². The number of halogens is 5. The van der Waals surface area contributed by atoms with Gasteiger partial charge in [-0.3, -0.25) is 0 Å². The highest BCUT2D eigenvalue weighted by Gasteiger charge is 2.18. The molecule has 0 unspecified atom stereocenters. The molecule has 0 spiro atoms. The van der Waals surface area contributed by atoms with Crippen LogP contribution in [0.3, 0.4) is 0 Å². The summed E-state index contributed by atoms with van der Waals surface area (Å²) < 4.78 is 58.2. The molecule has 0 amide bonds. The largest absolute Gasteiger partial charge is 0.206 e. The summed E-state index contributed by atoms with van der Waals surface area (Å²) in [6.07, 6.45) is 0.822. The number of fused-ring (bicyclic) bond motifs is 1. The molecule has 4 rings (SSSR count). The molecular weight excluding hydrogens is 400 g/mol. The molecule has 0 heterocycles. The second kappa shape index (κ2) is 7.53. The van der Waals surface area contributed by atoms with Gasteiger partial charge in [-0.15, -0.1) is 0 Å². The first-order valence-corrected chi connectivity index (χ1v) is 9.42. The highest BCUT2D eigenvalue weighted by molar-refractivity contribution is 6.30. The zero-order valence-corrected chi connectivity index (χ0v) is 16.1. The molecule has 0 aliphatic rings. The van der Waals surface area contributed by atoms with Gasteiger partial charge in [0.2, 0.25) is 0 Å². The van der Waals surface area contributed by atoms with Gasteiger partial charge in [-0.05, 0) is 52.8 Å². The van der Waals surface area contributed by atoms with Crippen molar-refractivity contribution in [3.8, 4) is 22.3 Å². The predicted molar refractivity (Wildman–Crippen MR) is 109 cm³/mol. The first-order chi connectivity index (χ1) is 13.9. The van der Waals surface area contributed by atoms with E-state index in [2.05, 4.69) is 0 Å². The van der Waals surface area contributed by atoms with E-state index in [-0.39, 0.29) is 21.7 Å². The molecule has 0 radical (unpaired) electrons. The molecule has 0 fully saturated rings. The van der Waals surface area contributed by atoms with Crippen LogP contribution in [0.15, 0.2) is 60.7 Å². The highest BCUT2D eigenvalue weighted by Crippen LogP contribution is 2.35. The van der Waals surface area contributed by atoms with E-state index in [1.54, 1.807) is 12.1 Å². The third-order valence-corrected chi connectivity index (χ3v) is 5.29. The number of hydrogen-bond donors (Lipinski definition) is 0. The van der Waals surface area contributed by atoms with Crippen LogP contribution in [0.1, 0.15) is 12.5 Å². The van der Waals surface area contributed by atoms with Crippen LogP contribution in [-0.2, 0) is 6.42 Å². The molecule has 146 valence electrons. The SMILES string of the molecule is CCc1ccc2c(F)c(-c3cc(F)c(-c4ccc(Cl)c(F)c4)c(F)c3)ccc2c1. The van der Waals surface area contributed by atoms with Crippen molar-refractivity contribution in [2.24, 2.45) is 0 Å². The predicted octanol–water partition coefficient (Wildman–Crippen LogP) is 7.95. The topological polar surface area (TPSA) is 0 Å². The van der Waals surface area contributed by atoms with Gasteiger partial charge >= 0.3 is 0 Å². The van der Waals surface area contributed by atoms with Crippen molar-refractivity contribution in [2.45, 2.75) is 13.3 Å². The van der Waals surface area contributed by atoms with E-state index in [0.717, 1.165) is 35.6 Å². The molecule has 29 heavy (non-hydrogen) atoms. The smallest absolute Gasteiger partial charge is 0.142 e. The van der Waals surface area contributed by atoms with E-state index in [9.17, 15) is 13.2 Å². The fourth-order valence-corrected chi connectivity index (χ4v) is 3.56. The first-order valence-electron chi connectivity index (χ1n) is 9.05. The summed E-state index contributed by atoms with van der Waals surface area (Å²) in [7, 11) is 0. The maximum Gasteiger partial charge on any atom is 0.142 e. The van der Waals surface area contributed by atoms with Crippen molar-refractivity contribution in [1.29, 1.82) is 0 Å². The molecule has 0 aromatic heterocycles. The second-order valence-electron chi connectivity index (χ2n) is 6.78. The van der Waals surface area contributed by atoms with E-state index >= 15 is 4.39 Å². The Bertz CT molecular complexity index is 1220. The molecule has 0 aliphatic carbocycles. The second-order valence-corrected chi connectivity index (χ2v) is 7.19. The standard InChI is InChI=1S/C24H15ClF4/c1-2-13-3-6-17-14(9-13)4-7-18(24(17)29)16-11-21(27)23(22(28)12-16)15-5-8-19(25)20(26)10-15/h3-12H,2H2,1H3. The van der Waals surface area contributed by atoms with Crippen molar-refractivity contribution in [3.05, 3.63) is 94.5 Å². The van der Waals surface area contributed by atoms with Crippen LogP contribution in [0.2, 0.25) is 5.02 Å². The van der Waals surface area contributed by atoms with E-state index in [0.29, 0.717) is 5.39 Å². The molecule has 0 saturated heterocycles. The van der Waals surface area contributed by atoms with E-state index < -0.39 is 28.8 Å². The fraction of sp³-hybridized carbons (Fsp3) is 0.0833. The quantitative estimate of drug-likeness (QED) is 0.298. The Kier molecular flexibility index (Phi) is 5.05. The molecule has 0 N–H and O–H groups in total. The molecule has 4 aromatic carbocycles. The summed E-state index contributed by atoms with van der Waals surface area (Å²) in [6.45, 7) is 2.01. The summed E-state index contributed by atoms with van der Waals surface area (Å²) >= 11 is 5.63. The highest BCUT2D eigenvalue weighted by atomic mass is 35.5. The normalized spacial score (nSPS) is 11.2. The van der Waals surface area contributed by atoms with E-state index in [1.807, 2.05) is 19.1 Å². The number of rotatable bonds is 3. The average molecular weight is 415 g/mol. The molecule has 0 aliphatic heterocycles. The monoisotopic (exact) mass is 414 g/mol. The summed E-state index contributed by atoms with van der Waals surface area (Å²) in [5, 5.41) is 0.958. The van der Waals surface area contributed by atoms with Gasteiger partial charge in [-0.25, -0.2) is 17.6 Å². The Balaban J connectivity index is 1.84. The number of benzene rings is 4. The minimum absolute atomic E-state index is 0.0135. The maximum absolute atomic E-state index is 15.1. The van der Waals surface area contributed by atoms with Crippen molar-refractivity contribution >= 4 is 22.4 Å². The van der Waals surface area contributed by atoms with Crippen LogP contribution in [0, 0.1) is 23.3 Å². The van der Waals surface area contributed by atoms with Gasteiger partial charge in [0.15, 0.2) is 0 Å². The van der Waals surface area contributed by atoms with E-state index in [4.69, 9.17) is 11.6 Å².